The van der Waals surface area contributed by atoms with E-state index in [0.29, 0.717) is 25.1 Å². The lowest BCUT2D eigenvalue weighted by atomic mass is 9.99. The van der Waals surface area contributed by atoms with Gasteiger partial charge in [0.05, 0.1) is 11.6 Å². The molecule has 1 atom stereocenters. The van der Waals surface area contributed by atoms with Crippen LogP contribution in [0.3, 0.4) is 0 Å². The van der Waals surface area contributed by atoms with E-state index in [9.17, 15) is 23.5 Å². The van der Waals surface area contributed by atoms with E-state index in [0.717, 1.165) is 22.9 Å². The summed E-state index contributed by atoms with van der Waals surface area (Å²) >= 11 is 0. The molecule has 2 aromatic carbocycles. The molecule has 8 nitrogen and oxygen atoms in total. The Morgan fingerprint density at radius 1 is 1.14 bits per heavy atom. The third kappa shape index (κ3) is 8.68. The fraction of sp³-hybridized carbons (Fsp3) is 0.370. The van der Waals surface area contributed by atoms with Crippen LogP contribution < -0.4 is 10.6 Å². The lowest BCUT2D eigenvalue weighted by molar-refractivity contribution is 0.0625. The summed E-state index contributed by atoms with van der Waals surface area (Å²) in [4.78, 5) is 30.8. The number of aliphatic hydroxyl groups is 1. The molecule has 3 rings (SSSR count). The highest BCUT2D eigenvalue weighted by molar-refractivity contribution is 5.89. The van der Waals surface area contributed by atoms with Crippen molar-refractivity contribution < 1.29 is 28.2 Å². The highest BCUT2D eigenvalue weighted by Crippen LogP contribution is 2.18. The van der Waals surface area contributed by atoms with Crippen LogP contribution in [0.25, 0.3) is 10.8 Å². The topological polar surface area (TPSA) is 104 Å². The second-order valence-corrected chi connectivity index (χ2v) is 9.50. The van der Waals surface area contributed by atoms with Crippen LogP contribution in [0.5, 0.6) is 0 Å². The van der Waals surface area contributed by atoms with Gasteiger partial charge in [-0.15, -0.1) is 0 Å². The standard InChI is InChI=1S/C27H32F2N4O4/c1-27(2,36)12-6-9-22(33(3)25(34)31-16-20-10-11-21(28)14-23(20)29)17-37-26(35)32-24-13-18-7-4-5-8-19(18)15-30-24/h4-5,7-8,10-11,13-15,22,36H,6,9,12,16-17H2,1-3H3,(H,31,34)(H,30,32,35)/t22-/m0/s1. The van der Waals surface area contributed by atoms with Crippen molar-refractivity contribution >= 4 is 28.7 Å². The molecule has 0 bridgehead atoms. The fourth-order valence-corrected chi connectivity index (χ4v) is 3.75. The number of rotatable bonds is 10. The molecular weight excluding hydrogens is 482 g/mol. The van der Waals surface area contributed by atoms with E-state index in [4.69, 9.17) is 4.74 Å². The van der Waals surface area contributed by atoms with Gasteiger partial charge in [0.1, 0.15) is 24.1 Å². The Kier molecular flexibility index (Phi) is 9.35. The number of likely N-dealkylation sites (N-methyl/N-ethyl adjacent to an activating group) is 1. The number of anilines is 1. The first kappa shape index (κ1) is 27.8. The second kappa shape index (κ2) is 12.4. The number of hydrogen-bond donors (Lipinski definition) is 3. The number of halogens is 2. The van der Waals surface area contributed by atoms with Crippen molar-refractivity contribution in [1.82, 2.24) is 15.2 Å². The van der Waals surface area contributed by atoms with Crippen LogP contribution in [-0.4, -0.2) is 52.4 Å². The number of benzene rings is 2. The molecule has 0 unspecified atom stereocenters. The molecule has 0 fully saturated rings. The first-order valence-electron chi connectivity index (χ1n) is 12.0. The third-order valence-corrected chi connectivity index (χ3v) is 5.91. The number of carbonyl (C=O) groups excluding carboxylic acids is 2. The van der Waals surface area contributed by atoms with Crippen LogP contribution in [-0.2, 0) is 11.3 Å². The van der Waals surface area contributed by atoms with Crippen LogP contribution in [0.2, 0.25) is 0 Å². The van der Waals surface area contributed by atoms with Gasteiger partial charge in [-0.25, -0.2) is 23.4 Å². The maximum absolute atomic E-state index is 13.9. The van der Waals surface area contributed by atoms with Crippen molar-refractivity contribution in [2.45, 2.75) is 51.3 Å². The van der Waals surface area contributed by atoms with Crippen LogP contribution in [0.15, 0.2) is 54.7 Å². The maximum atomic E-state index is 13.9. The number of carbonyl (C=O) groups is 2. The summed E-state index contributed by atoms with van der Waals surface area (Å²) in [6.45, 7) is 3.13. The van der Waals surface area contributed by atoms with Crippen molar-refractivity contribution in [1.29, 1.82) is 0 Å². The minimum absolute atomic E-state index is 0.111. The number of amides is 3. The Balaban J connectivity index is 1.60. The number of fused-ring (bicyclic) bond motifs is 1. The molecule has 0 saturated carbocycles. The molecule has 0 saturated heterocycles. The molecule has 0 aliphatic heterocycles. The number of hydrogen-bond acceptors (Lipinski definition) is 5. The monoisotopic (exact) mass is 514 g/mol. The molecule has 0 aliphatic rings. The van der Waals surface area contributed by atoms with Gasteiger partial charge in [0.15, 0.2) is 0 Å². The minimum Gasteiger partial charge on any atom is -0.447 e. The number of nitrogens with zero attached hydrogens (tertiary/aromatic N) is 2. The predicted octanol–water partition coefficient (Wildman–Crippen LogP) is 5.21. The smallest absolute Gasteiger partial charge is 0.412 e. The lowest BCUT2D eigenvalue weighted by Crippen LogP contribution is -2.46. The zero-order chi connectivity index (χ0) is 27.0. The zero-order valence-corrected chi connectivity index (χ0v) is 21.1. The van der Waals surface area contributed by atoms with Gasteiger partial charge in [-0.2, -0.15) is 0 Å². The summed E-state index contributed by atoms with van der Waals surface area (Å²) in [6, 6.07) is 11.4. The second-order valence-electron chi connectivity index (χ2n) is 9.50. The number of aromatic nitrogens is 1. The summed E-state index contributed by atoms with van der Waals surface area (Å²) in [7, 11) is 1.54. The van der Waals surface area contributed by atoms with Crippen LogP contribution >= 0.6 is 0 Å². The highest BCUT2D eigenvalue weighted by atomic mass is 19.1. The number of nitrogens with one attached hydrogen (secondary N) is 2. The van der Waals surface area contributed by atoms with Gasteiger partial charge in [0, 0.05) is 36.8 Å². The van der Waals surface area contributed by atoms with E-state index in [1.165, 1.54) is 18.0 Å². The Morgan fingerprint density at radius 2 is 1.86 bits per heavy atom. The van der Waals surface area contributed by atoms with E-state index >= 15 is 0 Å². The molecule has 1 aromatic heterocycles. The van der Waals surface area contributed by atoms with Crippen molar-refractivity contribution in [2.75, 3.05) is 19.0 Å². The molecule has 198 valence electrons. The third-order valence-electron chi connectivity index (χ3n) is 5.91. The Bertz CT molecular complexity index is 1230. The zero-order valence-electron chi connectivity index (χ0n) is 21.1. The Hall–Kier alpha value is -3.79. The Labute approximate surface area is 214 Å². The van der Waals surface area contributed by atoms with Crippen LogP contribution in [0.4, 0.5) is 24.2 Å². The molecule has 3 N–H and O–H groups in total. The predicted molar refractivity (Wildman–Crippen MR) is 137 cm³/mol. The number of ether oxygens (including phenoxy) is 1. The first-order chi connectivity index (χ1) is 17.5. The molecule has 10 heteroatoms. The van der Waals surface area contributed by atoms with E-state index in [-0.39, 0.29) is 18.7 Å². The van der Waals surface area contributed by atoms with Crippen molar-refractivity contribution in [3.8, 4) is 0 Å². The molecule has 3 amide bonds. The quantitative estimate of drug-likeness (QED) is 0.345. The summed E-state index contributed by atoms with van der Waals surface area (Å²) in [5.74, 6) is -1.13. The van der Waals surface area contributed by atoms with Gasteiger partial charge in [-0.05, 0) is 50.6 Å². The van der Waals surface area contributed by atoms with Gasteiger partial charge in [0.25, 0.3) is 0 Å². The molecule has 1 heterocycles. The van der Waals surface area contributed by atoms with Crippen LogP contribution in [0.1, 0.15) is 38.7 Å². The van der Waals surface area contributed by atoms with Gasteiger partial charge >= 0.3 is 12.1 Å². The van der Waals surface area contributed by atoms with E-state index < -0.39 is 35.4 Å². The van der Waals surface area contributed by atoms with Gasteiger partial charge in [0.2, 0.25) is 0 Å². The van der Waals surface area contributed by atoms with Gasteiger partial charge in [-0.3, -0.25) is 5.32 Å². The summed E-state index contributed by atoms with van der Waals surface area (Å²) < 4.78 is 32.4. The van der Waals surface area contributed by atoms with Gasteiger partial charge in [-0.1, -0.05) is 30.3 Å². The van der Waals surface area contributed by atoms with Gasteiger partial charge < -0.3 is 20.1 Å². The molecule has 3 aromatic rings. The maximum Gasteiger partial charge on any atom is 0.412 e. The molecular formula is C27H32F2N4O4. The number of urea groups is 1. The molecule has 37 heavy (non-hydrogen) atoms. The van der Waals surface area contributed by atoms with Crippen molar-refractivity contribution in [3.05, 3.63) is 71.9 Å². The normalized spacial score (nSPS) is 12.2. The SMILES string of the molecule is CN(C(=O)NCc1ccc(F)cc1F)[C@@H](CCCC(C)(C)O)COC(=O)Nc1cc2ccccc2cn1. The summed E-state index contributed by atoms with van der Waals surface area (Å²) in [6.07, 6.45) is 2.41. The van der Waals surface area contributed by atoms with Crippen LogP contribution in [0, 0.1) is 11.6 Å². The largest absolute Gasteiger partial charge is 0.447 e. The first-order valence-corrected chi connectivity index (χ1v) is 12.0. The average Bonchev–Trinajstić information content (AvgIpc) is 2.84. The molecule has 0 aliphatic carbocycles. The number of pyridine rings is 1. The van der Waals surface area contributed by atoms with E-state index in [2.05, 4.69) is 15.6 Å². The molecule has 0 spiro atoms. The summed E-state index contributed by atoms with van der Waals surface area (Å²) in [5, 5.41) is 17.1. The highest BCUT2D eigenvalue weighted by Gasteiger charge is 2.23. The Morgan fingerprint density at radius 3 is 2.57 bits per heavy atom. The van der Waals surface area contributed by atoms with Crippen molar-refractivity contribution in [2.24, 2.45) is 0 Å². The molecule has 0 radical (unpaired) electrons. The minimum atomic E-state index is -0.883. The fourth-order valence-electron chi connectivity index (χ4n) is 3.75. The lowest BCUT2D eigenvalue weighted by Gasteiger charge is -2.29. The van der Waals surface area contributed by atoms with E-state index in [1.54, 1.807) is 26.1 Å². The summed E-state index contributed by atoms with van der Waals surface area (Å²) in [5.41, 5.74) is -0.744. The van der Waals surface area contributed by atoms with E-state index in [1.807, 2.05) is 24.3 Å². The average molecular weight is 515 g/mol. The van der Waals surface area contributed by atoms with Crippen molar-refractivity contribution in [3.63, 3.8) is 0 Å².